The number of aromatic amines is 1. The van der Waals surface area contributed by atoms with Gasteiger partial charge >= 0.3 is 5.69 Å². The Kier molecular flexibility index (Phi) is 4.20. The van der Waals surface area contributed by atoms with Crippen molar-refractivity contribution in [3.63, 3.8) is 0 Å². The molecule has 0 saturated carbocycles. The second-order valence-corrected chi connectivity index (χ2v) is 6.14. The average molecular weight is 358 g/mol. The first-order chi connectivity index (χ1) is 9.32. The number of hydrogen-bond donors (Lipinski definition) is 1. The van der Waals surface area contributed by atoms with Crippen LogP contribution in [0.3, 0.4) is 0 Å². The molecule has 0 radical (unpaired) electrons. The fourth-order valence-electron chi connectivity index (χ4n) is 2.04. The van der Waals surface area contributed by atoms with Crippen molar-refractivity contribution in [2.45, 2.75) is 26.7 Å². The maximum absolute atomic E-state index is 12.5. The Morgan fingerprint density at radius 3 is 2.50 bits per heavy atom. The van der Waals surface area contributed by atoms with Gasteiger partial charge in [0.1, 0.15) is 5.15 Å². The van der Waals surface area contributed by atoms with Gasteiger partial charge in [0.05, 0.1) is 11.3 Å². The molecule has 1 N–H and O–H groups in total. The third-order valence-electron chi connectivity index (χ3n) is 3.01. The van der Waals surface area contributed by atoms with Crippen LogP contribution in [-0.4, -0.2) is 9.55 Å². The lowest BCUT2D eigenvalue weighted by molar-refractivity contribution is 0.776. The molecule has 106 valence electrons. The summed E-state index contributed by atoms with van der Waals surface area (Å²) >= 11 is 9.36. The summed E-state index contributed by atoms with van der Waals surface area (Å²) in [6, 6.07) is 5.43. The van der Waals surface area contributed by atoms with Gasteiger partial charge in [0.2, 0.25) is 0 Å². The van der Waals surface area contributed by atoms with Crippen LogP contribution in [0.4, 0.5) is 0 Å². The average Bonchev–Trinajstić information content (AvgIpc) is 2.30. The maximum Gasteiger partial charge on any atom is 0.334 e. The number of aromatic nitrogens is 2. The summed E-state index contributed by atoms with van der Waals surface area (Å²) in [6.07, 6.45) is 0. The molecule has 4 nitrogen and oxygen atoms in total. The maximum atomic E-state index is 12.5. The lowest BCUT2D eigenvalue weighted by atomic mass is 10.1. The van der Waals surface area contributed by atoms with E-state index in [0.717, 1.165) is 10.1 Å². The monoisotopic (exact) mass is 356 g/mol. The second-order valence-electron chi connectivity index (χ2n) is 4.91. The molecule has 0 saturated heterocycles. The molecular formula is C14H14BrClN2O2. The standard InChI is InChI=1S/C14H14BrClN2O2/c1-7(2)11-12(16)17-14(20)18(13(11)19)10-5-4-8(3)6-9(10)15/h4-7H,1-3H3,(H,17,20). The molecule has 1 heterocycles. The number of rotatable bonds is 2. The Hall–Kier alpha value is -1.33. The van der Waals surface area contributed by atoms with Crippen molar-refractivity contribution >= 4 is 27.5 Å². The Labute approximate surface area is 129 Å². The van der Waals surface area contributed by atoms with E-state index in [4.69, 9.17) is 11.6 Å². The minimum Gasteiger partial charge on any atom is -0.297 e. The highest BCUT2D eigenvalue weighted by Crippen LogP contribution is 2.22. The Morgan fingerprint density at radius 2 is 1.95 bits per heavy atom. The van der Waals surface area contributed by atoms with Crippen LogP contribution >= 0.6 is 27.5 Å². The van der Waals surface area contributed by atoms with Crippen LogP contribution in [0.1, 0.15) is 30.9 Å². The van der Waals surface area contributed by atoms with E-state index in [0.29, 0.717) is 15.7 Å². The summed E-state index contributed by atoms with van der Waals surface area (Å²) in [4.78, 5) is 27.1. The topological polar surface area (TPSA) is 54.9 Å². The highest BCUT2D eigenvalue weighted by molar-refractivity contribution is 9.10. The highest BCUT2D eigenvalue weighted by Gasteiger charge is 2.17. The third-order valence-corrected chi connectivity index (χ3v) is 3.94. The van der Waals surface area contributed by atoms with Crippen molar-refractivity contribution in [1.29, 1.82) is 0 Å². The van der Waals surface area contributed by atoms with E-state index in [1.165, 1.54) is 0 Å². The van der Waals surface area contributed by atoms with Crippen LogP contribution in [0.15, 0.2) is 32.3 Å². The first-order valence-corrected chi connectivity index (χ1v) is 7.31. The van der Waals surface area contributed by atoms with Gasteiger partial charge in [-0.1, -0.05) is 31.5 Å². The number of H-pyrrole nitrogens is 1. The largest absolute Gasteiger partial charge is 0.334 e. The highest BCUT2D eigenvalue weighted by atomic mass is 79.9. The van der Waals surface area contributed by atoms with Crippen molar-refractivity contribution in [3.8, 4) is 5.69 Å². The van der Waals surface area contributed by atoms with Crippen LogP contribution in [0.5, 0.6) is 0 Å². The number of halogens is 2. The van der Waals surface area contributed by atoms with Gasteiger partial charge in [-0.25, -0.2) is 9.36 Å². The lowest BCUT2D eigenvalue weighted by Crippen LogP contribution is -2.36. The van der Waals surface area contributed by atoms with Crippen LogP contribution in [0.2, 0.25) is 5.15 Å². The zero-order valence-electron chi connectivity index (χ0n) is 11.3. The molecule has 1 aromatic heterocycles. The molecule has 2 aromatic rings. The van der Waals surface area contributed by atoms with Gasteiger partial charge in [-0.3, -0.25) is 9.78 Å². The molecule has 2 rings (SSSR count). The number of nitrogens with zero attached hydrogens (tertiary/aromatic N) is 1. The molecule has 0 aliphatic heterocycles. The normalized spacial score (nSPS) is 11.1. The number of aryl methyl sites for hydroxylation is 1. The summed E-state index contributed by atoms with van der Waals surface area (Å²) in [5.74, 6) is -0.0812. The van der Waals surface area contributed by atoms with E-state index < -0.39 is 11.2 Å². The lowest BCUT2D eigenvalue weighted by Gasteiger charge is -2.12. The van der Waals surface area contributed by atoms with Gasteiger partial charge in [-0.05, 0) is 46.5 Å². The smallest absolute Gasteiger partial charge is 0.297 e. The summed E-state index contributed by atoms with van der Waals surface area (Å²) in [6.45, 7) is 5.65. The Morgan fingerprint density at radius 1 is 1.30 bits per heavy atom. The van der Waals surface area contributed by atoms with E-state index in [-0.39, 0.29) is 11.1 Å². The molecule has 0 spiro atoms. The molecule has 0 amide bonds. The first-order valence-electron chi connectivity index (χ1n) is 6.14. The van der Waals surface area contributed by atoms with Gasteiger partial charge in [-0.2, -0.15) is 0 Å². The minimum absolute atomic E-state index is 0.0812. The van der Waals surface area contributed by atoms with Crippen molar-refractivity contribution < 1.29 is 0 Å². The van der Waals surface area contributed by atoms with Gasteiger partial charge < -0.3 is 0 Å². The second kappa shape index (κ2) is 5.58. The molecular weight excluding hydrogens is 344 g/mol. The summed E-state index contributed by atoms with van der Waals surface area (Å²) in [5, 5.41) is 0.106. The molecule has 0 atom stereocenters. The van der Waals surface area contributed by atoms with E-state index >= 15 is 0 Å². The van der Waals surface area contributed by atoms with Crippen LogP contribution < -0.4 is 11.2 Å². The van der Waals surface area contributed by atoms with E-state index in [1.807, 2.05) is 32.9 Å². The summed E-state index contributed by atoms with van der Waals surface area (Å²) < 4.78 is 1.78. The molecule has 0 aliphatic rings. The Bertz CT molecular complexity index is 778. The van der Waals surface area contributed by atoms with E-state index in [2.05, 4.69) is 20.9 Å². The zero-order chi connectivity index (χ0) is 15.0. The Balaban J connectivity index is 2.85. The van der Waals surface area contributed by atoms with Crippen molar-refractivity contribution in [1.82, 2.24) is 9.55 Å². The van der Waals surface area contributed by atoms with Gasteiger partial charge in [0.15, 0.2) is 0 Å². The molecule has 0 bridgehead atoms. The predicted octanol–water partition coefficient (Wildman–Crippen LogP) is 3.37. The van der Waals surface area contributed by atoms with Gasteiger partial charge in [-0.15, -0.1) is 0 Å². The SMILES string of the molecule is Cc1ccc(-n2c(=O)[nH]c(Cl)c(C(C)C)c2=O)c(Br)c1. The number of hydrogen-bond acceptors (Lipinski definition) is 2. The number of nitrogens with one attached hydrogen (secondary N) is 1. The fourth-order valence-corrected chi connectivity index (χ4v) is 3.09. The zero-order valence-corrected chi connectivity index (χ0v) is 13.7. The molecule has 20 heavy (non-hydrogen) atoms. The molecule has 0 aliphatic carbocycles. The molecule has 0 unspecified atom stereocenters. The summed E-state index contributed by atoms with van der Waals surface area (Å²) in [7, 11) is 0. The van der Waals surface area contributed by atoms with Crippen LogP contribution in [0.25, 0.3) is 5.69 Å². The van der Waals surface area contributed by atoms with Crippen LogP contribution in [-0.2, 0) is 0 Å². The van der Waals surface area contributed by atoms with Gasteiger partial charge in [0.25, 0.3) is 5.56 Å². The van der Waals surface area contributed by atoms with Crippen molar-refractivity contribution in [2.24, 2.45) is 0 Å². The molecule has 1 aromatic carbocycles. The number of benzene rings is 1. The minimum atomic E-state index is -0.547. The fraction of sp³-hybridized carbons (Fsp3) is 0.286. The quantitative estimate of drug-likeness (QED) is 0.838. The van der Waals surface area contributed by atoms with E-state index in [9.17, 15) is 9.59 Å². The van der Waals surface area contributed by atoms with Gasteiger partial charge in [0, 0.05) is 4.47 Å². The van der Waals surface area contributed by atoms with Crippen molar-refractivity contribution in [3.05, 3.63) is 59.8 Å². The molecule has 6 heteroatoms. The third kappa shape index (κ3) is 2.60. The van der Waals surface area contributed by atoms with Crippen molar-refractivity contribution in [2.75, 3.05) is 0 Å². The predicted molar refractivity (Wildman–Crippen MR) is 84.2 cm³/mol. The first kappa shape index (κ1) is 15.1. The summed E-state index contributed by atoms with van der Waals surface area (Å²) in [5.41, 5.74) is 0.995. The van der Waals surface area contributed by atoms with Crippen LogP contribution in [0, 0.1) is 6.92 Å². The molecule has 0 fully saturated rings. The van der Waals surface area contributed by atoms with E-state index in [1.54, 1.807) is 6.07 Å².